The molecule has 15 nitrogen and oxygen atoms in total. The van der Waals surface area contributed by atoms with E-state index in [1.165, 1.54) is 6.07 Å². The van der Waals surface area contributed by atoms with E-state index in [9.17, 15) is 24.3 Å². The zero-order chi connectivity index (χ0) is 46.4. The first-order valence-corrected chi connectivity index (χ1v) is 23.9. The van der Waals surface area contributed by atoms with E-state index in [1.54, 1.807) is 55.6 Å². The number of amides is 4. The van der Waals surface area contributed by atoms with Crippen LogP contribution in [-0.2, 0) is 14.4 Å². The number of nitrogens with zero attached hydrogens (tertiary/aromatic N) is 6. The summed E-state index contributed by atoms with van der Waals surface area (Å²) < 4.78 is 37.4. The van der Waals surface area contributed by atoms with E-state index in [4.69, 9.17) is 9.72 Å². The molecule has 1 unspecified atom stereocenters. The van der Waals surface area contributed by atoms with Crippen molar-refractivity contribution in [1.29, 1.82) is 0 Å². The Morgan fingerprint density at radius 2 is 1.73 bits per heavy atom. The fourth-order valence-corrected chi connectivity index (χ4v) is 11.8. The van der Waals surface area contributed by atoms with E-state index < -0.39 is 28.8 Å². The average molecular weight is 912 g/mol. The Balaban J connectivity index is 0.783. The van der Waals surface area contributed by atoms with Gasteiger partial charge in [0.1, 0.15) is 29.0 Å². The molecule has 354 valence electrons. The molecule has 5 fully saturated rings. The number of hydrogen-bond donors (Lipinski definition) is 4. The molecular formula is C49H63F2N9O6. The van der Waals surface area contributed by atoms with Crippen molar-refractivity contribution in [3.63, 3.8) is 0 Å². The van der Waals surface area contributed by atoms with Crippen LogP contribution in [0.2, 0.25) is 0 Å². The fraction of sp³-hybridized carbons (Fsp3) is 0.592. The Labute approximate surface area is 385 Å². The lowest BCUT2D eigenvalue weighted by Crippen LogP contribution is -2.64. The number of piperidine rings is 2. The van der Waals surface area contributed by atoms with Crippen LogP contribution in [0, 0.1) is 11.2 Å². The molecule has 1 aromatic heterocycles. The molecule has 2 aromatic carbocycles. The number of benzene rings is 2. The second-order valence-corrected chi connectivity index (χ2v) is 19.8. The van der Waals surface area contributed by atoms with Crippen molar-refractivity contribution in [2.45, 2.75) is 126 Å². The number of aromatic nitrogens is 2. The highest BCUT2D eigenvalue weighted by atomic mass is 19.1. The van der Waals surface area contributed by atoms with Gasteiger partial charge in [-0.15, -0.1) is 0 Å². The summed E-state index contributed by atoms with van der Waals surface area (Å²) in [6.07, 6.45) is 11.3. The van der Waals surface area contributed by atoms with Gasteiger partial charge < -0.3 is 35.2 Å². The Hall–Kier alpha value is -5.42. The van der Waals surface area contributed by atoms with Gasteiger partial charge >= 0.3 is 0 Å². The van der Waals surface area contributed by atoms with Gasteiger partial charge in [0.15, 0.2) is 5.82 Å². The first kappa shape index (κ1) is 45.7. The monoisotopic (exact) mass is 911 g/mol. The van der Waals surface area contributed by atoms with Crippen LogP contribution in [0.15, 0.2) is 42.6 Å². The number of alkyl halides is 1. The van der Waals surface area contributed by atoms with Gasteiger partial charge in [0.25, 0.3) is 5.91 Å². The summed E-state index contributed by atoms with van der Waals surface area (Å²) >= 11 is 0. The van der Waals surface area contributed by atoms with Gasteiger partial charge in [-0.1, -0.05) is 25.8 Å². The van der Waals surface area contributed by atoms with Crippen LogP contribution in [0.5, 0.6) is 5.75 Å². The summed E-state index contributed by atoms with van der Waals surface area (Å²) in [5.74, 6) is -0.425. The number of hydrogen-bond acceptors (Lipinski definition) is 12. The normalized spacial score (nSPS) is 23.9. The van der Waals surface area contributed by atoms with Gasteiger partial charge in [-0.25, -0.2) is 13.8 Å². The van der Waals surface area contributed by atoms with E-state index >= 15 is 8.78 Å². The summed E-state index contributed by atoms with van der Waals surface area (Å²) in [7, 11) is 3.32. The van der Waals surface area contributed by atoms with E-state index in [-0.39, 0.29) is 61.1 Å². The number of carbonyl (C=O) groups is 4. The lowest BCUT2D eigenvalue weighted by molar-refractivity contribution is -0.134. The van der Waals surface area contributed by atoms with Crippen LogP contribution in [0.4, 0.5) is 37.6 Å². The Bertz CT molecular complexity index is 2340. The van der Waals surface area contributed by atoms with Gasteiger partial charge in [-0.05, 0) is 99.1 Å². The van der Waals surface area contributed by atoms with Crippen LogP contribution in [0.1, 0.15) is 119 Å². The number of likely N-dealkylation sites (tertiary alicyclic amines) is 1. The molecule has 2 atom stereocenters. The largest absolute Gasteiger partial charge is 0.495 e. The highest BCUT2D eigenvalue weighted by molar-refractivity contribution is 6.04. The SMILES string of the molecule is CC[C@@H]1C(=O)N(C)c2cnc(Nc3ccc(C(=O)NC4(CCO)CCC5(CC4)CN(CC4(F)CCN(c6ccc(C7CCC(=O)NC7=O)cc6F)CC4)C5)cc3OC)nc2N1C1CCCC1. The predicted octanol–water partition coefficient (Wildman–Crippen LogP) is 6.13. The molecule has 4 aliphatic heterocycles. The fourth-order valence-electron chi connectivity index (χ4n) is 11.8. The number of rotatable bonds is 13. The molecule has 66 heavy (non-hydrogen) atoms. The van der Waals surface area contributed by atoms with Crippen molar-refractivity contribution < 1.29 is 37.8 Å². The standard InChI is InChI=1S/C49H63F2N9O6/c1-4-37-45(65)57(2)39-27-52-46(55-42(39)60(37)33-7-5-6-8-33)53-36-12-9-32(26-40(36)66-3)43(63)56-49(21-24-61)17-15-47(16-18-49)28-58(29-47)30-48(51)19-22-59(23-20-48)38-13-10-31(25-35(38)50)34-11-14-41(62)54-44(34)64/h9-10,12-13,25-27,33-34,37,61H,4-8,11,14-24,28-30H2,1-3H3,(H,56,63)(H,52,53,55)(H,54,62,64)/t34?,37-/m1/s1. The number of carbonyl (C=O) groups excluding carboxylic acids is 4. The molecule has 3 saturated heterocycles. The smallest absolute Gasteiger partial charge is 0.251 e. The zero-order valence-corrected chi connectivity index (χ0v) is 38.3. The maximum Gasteiger partial charge on any atom is 0.251 e. The molecule has 17 heteroatoms. The van der Waals surface area contributed by atoms with E-state index in [2.05, 4.69) is 30.7 Å². The quantitative estimate of drug-likeness (QED) is 0.145. The van der Waals surface area contributed by atoms with Crippen LogP contribution in [0.25, 0.3) is 0 Å². The Kier molecular flexibility index (Phi) is 12.7. The van der Waals surface area contributed by atoms with Gasteiger partial charge in [0.2, 0.25) is 23.7 Å². The summed E-state index contributed by atoms with van der Waals surface area (Å²) in [5.41, 5.74) is 0.659. The minimum Gasteiger partial charge on any atom is -0.495 e. The number of aliphatic hydroxyl groups excluding tert-OH is 1. The van der Waals surface area contributed by atoms with Gasteiger partial charge in [0, 0.05) is 82.8 Å². The topological polar surface area (TPSA) is 173 Å². The summed E-state index contributed by atoms with van der Waals surface area (Å²) in [6.45, 7) is 4.58. The number of imide groups is 1. The van der Waals surface area contributed by atoms with Crippen molar-refractivity contribution in [3.05, 3.63) is 59.5 Å². The Morgan fingerprint density at radius 1 is 0.985 bits per heavy atom. The highest BCUT2D eigenvalue weighted by Gasteiger charge is 2.51. The highest BCUT2D eigenvalue weighted by Crippen LogP contribution is 2.49. The summed E-state index contributed by atoms with van der Waals surface area (Å²) in [6, 6.07) is 9.91. The summed E-state index contributed by atoms with van der Waals surface area (Å²) in [5, 5.41) is 19.1. The van der Waals surface area contributed by atoms with Crippen LogP contribution < -0.4 is 35.4 Å². The number of ether oxygens (including phenoxy) is 1. The second-order valence-electron chi connectivity index (χ2n) is 19.8. The Morgan fingerprint density at radius 3 is 2.39 bits per heavy atom. The molecule has 2 saturated carbocycles. The molecule has 2 aliphatic carbocycles. The number of aliphatic hydroxyl groups is 1. The van der Waals surface area contributed by atoms with Crippen molar-refractivity contribution in [2.75, 3.05) is 73.5 Å². The van der Waals surface area contributed by atoms with Crippen LogP contribution in [0.3, 0.4) is 0 Å². The third-order valence-corrected chi connectivity index (χ3v) is 15.6. The van der Waals surface area contributed by atoms with E-state index in [1.807, 2.05) is 11.8 Å². The van der Waals surface area contributed by atoms with Crippen molar-refractivity contribution in [2.24, 2.45) is 5.41 Å². The number of halogens is 2. The molecule has 6 aliphatic rings. The maximum absolute atomic E-state index is 16.3. The molecule has 0 radical (unpaired) electrons. The number of likely N-dealkylation sites (N-methyl/N-ethyl adjacent to an activating group) is 1. The van der Waals surface area contributed by atoms with Crippen LogP contribution >= 0.6 is 0 Å². The summed E-state index contributed by atoms with van der Waals surface area (Å²) in [4.78, 5) is 68.6. The third-order valence-electron chi connectivity index (χ3n) is 15.6. The predicted molar refractivity (Wildman–Crippen MR) is 247 cm³/mol. The average Bonchev–Trinajstić information content (AvgIpc) is 3.83. The van der Waals surface area contributed by atoms with Gasteiger partial charge in [-0.2, -0.15) is 4.98 Å². The number of fused-ring (bicyclic) bond motifs is 1. The number of anilines is 5. The second kappa shape index (κ2) is 18.3. The lowest BCUT2D eigenvalue weighted by Gasteiger charge is -2.57. The molecular weight excluding hydrogens is 849 g/mol. The minimum absolute atomic E-state index is 0.0277. The molecule has 5 heterocycles. The van der Waals surface area contributed by atoms with Gasteiger partial charge in [-0.3, -0.25) is 29.4 Å². The van der Waals surface area contributed by atoms with Crippen molar-refractivity contribution in [1.82, 2.24) is 25.5 Å². The number of nitrogens with one attached hydrogen (secondary N) is 3. The maximum atomic E-state index is 16.3. The first-order valence-electron chi connectivity index (χ1n) is 23.9. The van der Waals surface area contributed by atoms with E-state index in [0.717, 1.165) is 57.4 Å². The van der Waals surface area contributed by atoms with Crippen LogP contribution in [-0.4, -0.2) is 120 Å². The van der Waals surface area contributed by atoms with Crippen molar-refractivity contribution in [3.8, 4) is 5.75 Å². The first-order chi connectivity index (χ1) is 31.7. The lowest BCUT2D eigenvalue weighted by atomic mass is 9.62. The molecule has 3 aromatic rings. The zero-order valence-electron chi connectivity index (χ0n) is 38.3. The molecule has 4 N–H and O–H groups in total. The van der Waals surface area contributed by atoms with Crippen molar-refractivity contribution >= 4 is 52.5 Å². The molecule has 0 bridgehead atoms. The number of methoxy groups -OCH3 is 1. The molecule has 9 rings (SSSR count). The third kappa shape index (κ3) is 8.92. The molecule has 4 amide bonds. The van der Waals surface area contributed by atoms with E-state index in [0.29, 0.717) is 91.6 Å². The molecule has 1 spiro atoms. The van der Waals surface area contributed by atoms with Gasteiger partial charge in [0.05, 0.1) is 30.6 Å². The minimum atomic E-state index is -1.39.